The minimum Gasteiger partial charge on any atom is -0.467 e. The van der Waals surface area contributed by atoms with E-state index in [0.717, 1.165) is 47.4 Å². The lowest BCUT2D eigenvalue weighted by Gasteiger charge is -2.28. The van der Waals surface area contributed by atoms with E-state index in [9.17, 15) is 14.9 Å². The molecule has 3 aliphatic rings. The van der Waals surface area contributed by atoms with Crippen molar-refractivity contribution in [3.05, 3.63) is 70.0 Å². The van der Waals surface area contributed by atoms with Crippen LogP contribution in [0.1, 0.15) is 46.2 Å². The highest BCUT2D eigenvalue weighted by atomic mass is 32.1. The number of nitrogens with zero attached hydrogens (tertiary/aromatic N) is 3. The fourth-order valence-corrected chi connectivity index (χ4v) is 6.56. The van der Waals surface area contributed by atoms with E-state index in [1.165, 1.54) is 16.2 Å². The van der Waals surface area contributed by atoms with Gasteiger partial charge in [-0.05, 0) is 61.9 Å². The molecule has 166 valence electrons. The number of benzene rings is 1. The predicted octanol–water partition coefficient (Wildman–Crippen LogP) is 4.45. The number of fused-ring (bicyclic) bond motifs is 2. The first-order chi connectivity index (χ1) is 16.1. The molecule has 0 radical (unpaired) electrons. The summed E-state index contributed by atoms with van der Waals surface area (Å²) in [7, 11) is 0. The summed E-state index contributed by atoms with van der Waals surface area (Å²) in [6.45, 7) is 1.96. The summed E-state index contributed by atoms with van der Waals surface area (Å²) in [6, 6.07) is 12.9. The van der Waals surface area contributed by atoms with Gasteiger partial charge in [0, 0.05) is 4.88 Å². The second-order valence-electron chi connectivity index (χ2n) is 8.64. The second-order valence-corrected chi connectivity index (χ2v) is 9.72. The van der Waals surface area contributed by atoms with Crippen LogP contribution in [-0.2, 0) is 27.3 Å². The highest BCUT2D eigenvalue weighted by Crippen LogP contribution is 2.50. The topological polar surface area (TPSA) is 86.8 Å². The number of furan rings is 1. The SMILES string of the molecule is Cc1ccccc1N1OC2C(=O)N(c3sc4c(c3C#N)CCCC4)C(=O)C2C1c1ccco1. The van der Waals surface area contributed by atoms with E-state index in [0.29, 0.717) is 16.3 Å². The molecule has 8 heteroatoms. The molecular formula is C25H21N3O4S. The van der Waals surface area contributed by atoms with Crippen LogP contribution in [-0.4, -0.2) is 17.9 Å². The van der Waals surface area contributed by atoms with Crippen LogP contribution < -0.4 is 9.96 Å². The van der Waals surface area contributed by atoms with Crippen molar-refractivity contribution in [2.75, 3.05) is 9.96 Å². The number of hydroxylamine groups is 1. The number of imide groups is 1. The number of carbonyl (C=O) groups is 2. The number of rotatable bonds is 3. The molecule has 1 aromatic carbocycles. The zero-order valence-electron chi connectivity index (χ0n) is 18.0. The van der Waals surface area contributed by atoms with E-state index in [1.54, 1.807) is 23.5 Å². The molecule has 0 saturated carbocycles. The summed E-state index contributed by atoms with van der Waals surface area (Å²) in [4.78, 5) is 35.9. The van der Waals surface area contributed by atoms with Gasteiger partial charge in [0.2, 0.25) is 5.91 Å². The summed E-state index contributed by atoms with van der Waals surface area (Å²) in [5, 5.41) is 12.0. The van der Waals surface area contributed by atoms with Crippen LogP contribution in [0, 0.1) is 24.2 Å². The van der Waals surface area contributed by atoms with Crippen molar-refractivity contribution in [3.8, 4) is 6.07 Å². The smallest absolute Gasteiger partial charge is 0.267 e. The van der Waals surface area contributed by atoms with Gasteiger partial charge in [0.15, 0.2) is 6.10 Å². The van der Waals surface area contributed by atoms with Crippen LogP contribution in [0.4, 0.5) is 10.7 Å². The summed E-state index contributed by atoms with van der Waals surface area (Å²) in [5.41, 5.74) is 3.20. The molecule has 33 heavy (non-hydrogen) atoms. The van der Waals surface area contributed by atoms with Crippen molar-refractivity contribution in [1.29, 1.82) is 5.26 Å². The van der Waals surface area contributed by atoms with Gasteiger partial charge in [-0.15, -0.1) is 11.3 Å². The van der Waals surface area contributed by atoms with Crippen molar-refractivity contribution in [3.63, 3.8) is 0 Å². The summed E-state index contributed by atoms with van der Waals surface area (Å²) < 4.78 is 5.70. The molecule has 3 atom stereocenters. The van der Waals surface area contributed by atoms with E-state index >= 15 is 0 Å². The van der Waals surface area contributed by atoms with E-state index in [2.05, 4.69) is 6.07 Å². The van der Waals surface area contributed by atoms with Crippen LogP contribution >= 0.6 is 11.3 Å². The molecule has 2 aromatic heterocycles. The minimum atomic E-state index is -0.974. The van der Waals surface area contributed by atoms with Gasteiger partial charge in [0.1, 0.15) is 28.8 Å². The molecular weight excluding hydrogens is 438 g/mol. The minimum absolute atomic E-state index is 0.349. The van der Waals surface area contributed by atoms with Gasteiger partial charge in [-0.1, -0.05) is 18.2 Å². The molecule has 0 bridgehead atoms. The fraction of sp³-hybridized carbons (Fsp3) is 0.320. The lowest BCUT2D eigenvalue weighted by atomic mass is 9.94. The Bertz CT molecular complexity index is 1310. The van der Waals surface area contributed by atoms with Gasteiger partial charge in [0.25, 0.3) is 5.91 Å². The normalized spacial score (nSPS) is 24.2. The van der Waals surface area contributed by atoms with E-state index in [1.807, 2.05) is 31.2 Å². The molecule has 4 heterocycles. The molecule has 1 aliphatic carbocycles. The summed E-state index contributed by atoms with van der Waals surface area (Å²) >= 11 is 1.40. The fourth-order valence-electron chi connectivity index (χ4n) is 5.21. The largest absolute Gasteiger partial charge is 0.467 e. The number of carbonyl (C=O) groups excluding carboxylic acids is 2. The molecule has 7 nitrogen and oxygen atoms in total. The molecule has 2 saturated heterocycles. The third kappa shape index (κ3) is 2.89. The quantitative estimate of drug-likeness (QED) is 0.538. The number of aryl methyl sites for hydroxylation is 2. The van der Waals surface area contributed by atoms with Gasteiger partial charge in [0.05, 0.1) is 17.5 Å². The van der Waals surface area contributed by atoms with E-state index in [-0.39, 0.29) is 5.91 Å². The molecule has 0 N–H and O–H groups in total. The third-order valence-electron chi connectivity index (χ3n) is 6.77. The van der Waals surface area contributed by atoms with Gasteiger partial charge in [-0.25, -0.2) is 9.96 Å². The van der Waals surface area contributed by atoms with Crippen LogP contribution in [0.2, 0.25) is 0 Å². The second kappa shape index (κ2) is 7.58. The van der Waals surface area contributed by atoms with Crippen LogP contribution in [0.25, 0.3) is 0 Å². The Morgan fingerprint density at radius 1 is 1.09 bits per heavy atom. The number of hydrogen-bond acceptors (Lipinski definition) is 7. The number of para-hydroxylation sites is 1. The van der Waals surface area contributed by atoms with Crippen molar-refractivity contribution >= 4 is 33.8 Å². The van der Waals surface area contributed by atoms with Crippen LogP contribution in [0.5, 0.6) is 0 Å². The van der Waals surface area contributed by atoms with Crippen molar-refractivity contribution in [1.82, 2.24) is 0 Å². The molecule has 2 fully saturated rings. The van der Waals surface area contributed by atoms with Gasteiger partial charge in [-0.2, -0.15) is 5.26 Å². The Morgan fingerprint density at radius 2 is 1.91 bits per heavy atom. The van der Waals surface area contributed by atoms with Crippen molar-refractivity contribution in [2.45, 2.75) is 44.8 Å². The average molecular weight is 460 g/mol. The maximum absolute atomic E-state index is 13.8. The van der Waals surface area contributed by atoms with Crippen LogP contribution in [0.15, 0.2) is 47.1 Å². The third-order valence-corrected chi connectivity index (χ3v) is 8.05. The highest BCUT2D eigenvalue weighted by molar-refractivity contribution is 7.17. The first-order valence-corrected chi connectivity index (χ1v) is 11.9. The zero-order valence-corrected chi connectivity index (χ0v) is 18.8. The first-order valence-electron chi connectivity index (χ1n) is 11.1. The van der Waals surface area contributed by atoms with E-state index in [4.69, 9.17) is 9.25 Å². The van der Waals surface area contributed by atoms with Gasteiger partial charge >= 0.3 is 0 Å². The van der Waals surface area contributed by atoms with Crippen molar-refractivity contribution < 1.29 is 18.8 Å². The Labute approximate surface area is 194 Å². The number of hydrogen-bond donors (Lipinski definition) is 0. The number of thiophene rings is 1. The lowest BCUT2D eigenvalue weighted by Crippen LogP contribution is -2.37. The number of nitriles is 1. The molecule has 2 amide bonds. The average Bonchev–Trinajstić information content (AvgIpc) is 3.58. The predicted molar refractivity (Wildman–Crippen MR) is 122 cm³/mol. The summed E-state index contributed by atoms with van der Waals surface area (Å²) in [6.07, 6.45) is 4.34. The Balaban J connectivity index is 1.44. The number of amides is 2. The highest BCUT2D eigenvalue weighted by Gasteiger charge is 2.62. The summed E-state index contributed by atoms with van der Waals surface area (Å²) in [5.74, 6) is -0.987. The molecule has 0 spiro atoms. The molecule has 2 aliphatic heterocycles. The molecule has 6 rings (SSSR count). The Kier molecular flexibility index (Phi) is 4.64. The monoisotopic (exact) mass is 459 g/mol. The maximum Gasteiger partial charge on any atom is 0.267 e. The number of anilines is 2. The first kappa shape index (κ1) is 20.2. The van der Waals surface area contributed by atoms with Gasteiger partial charge < -0.3 is 4.42 Å². The standard InChI is InChI=1S/C25H21N3O4S/c1-14-7-2-4-9-17(14)28-21(18-10-6-12-31-18)20-22(32-28)24(30)27(23(20)29)25-16(13-26)15-8-3-5-11-19(15)33-25/h2,4,6-7,9-10,12,20-22H,3,5,8,11H2,1H3. The maximum atomic E-state index is 13.8. The molecule has 3 unspecified atom stereocenters. The Hall–Kier alpha value is -3.41. The van der Waals surface area contributed by atoms with Crippen molar-refractivity contribution in [2.24, 2.45) is 5.92 Å². The molecule has 3 aromatic rings. The van der Waals surface area contributed by atoms with Gasteiger partial charge in [-0.3, -0.25) is 14.4 Å². The lowest BCUT2D eigenvalue weighted by molar-refractivity contribution is -0.126. The Morgan fingerprint density at radius 3 is 2.67 bits per heavy atom. The zero-order chi connectivity index (χ0) is 22.7. The van der Waals surface area contributed by atoms with E-state index < -0.39 is 24.0 Å². The van der Waals surface area contributed by atoms with Crippen LogP contribution in [0.3, 0.4) is 0 Å².